The monoisotopic (exact) mass is 462 g/mol. The first kappa shape index (κ1) is 23.3. The predicted octanol–water partition coefficient (Wildman–Crippen LogP) is 4.37. The average molecular weight is 463 g/mol. The Morgan fingerprint density at radius 3 is 2.68 bits per heavy atom. The van der Waals surface area contributed by atoms with E-state index in [1.54, 1.807) is 43.2 Å². The normalized spacial score (nSPS) is 15.2. The second-order valence-corrected chi connectivity index (χ2v) is 8.26. The van der Waals surface area contributed by atoms with Crippen molar-refractivity contribution in [2.24, 2.45) is 0 Å². The fraction of sp³-hybridized carbons (Fsp3) is 0.259. The fourth-order valence-corrected chi connectivity index (χ4v) is 4.02. The molecule has 0 saturated carbocycles. The third-order valence-electron chi connectivity index (χ3n) is 5.79. The van der Waals surface area contributed by atoms with Gasteiger partial charge in [-0.25, -0.2) is 4.39 Å². The highest BCUT2D eigenvalue weighted by molar-refractivity contribution is 5.92. The van der Waals surface area contributed by atoms with Crippen molar-refractivity contribution in [2.75, 3.05) is 19.0 Å². The van der Waals surface area contributed by atoms with Gasteiger partial charge in [-0.15, -0.1) is 0 Å². The van der Waals surface area contributed by atoms with Crippen molar-refractivity contribution in [3.8, 4) is 11.5 Å². The van der Waals surface area contributed by atoms with Gasteiger partial charge in [0, 0.05) is 24.3 Å². The zero-order valence-electron chi connectivity index (χ0n) is 19.2. The Morgan fingerprint density at radius 2 is 1.91 bits per heavy atom. The minimum absolute atomic E-state index is 0.0898. The van der Waals surface area contributed by atoms with Crippen molar-refractivity contribution in [2.45, 2.75) is 32.4 Å². The molecule has 4 rings (SSSR count). The van der Waals surface area contributed by atoms with Crippen LogP contribution in [0, 0.1) is 5.82 Å². The highest BCUT2D eigenvalue weighted by Crippen LogP contribution is 2.29. The zero-order chi connectivity index (χ0) is 24.1. The Labute approximate surface area is 198 Å². The molecule has 176 valence electrons. The number of rotatable bonds is 7. The molecule has 1 N–H and O–H groups in total. The van der Waals surface area contributed by atoms with Crippen LogP contribution in [0.5, 0.6) is 11.5 Å². The van der Waals surface area contributed by atoms with E-state index in [9.17, 15) is 14.0 Å². The zero-order valence-corrected chi connectivity index (χ0v) is 19.2. The minimum Gasteiger partial charge on any atom is -0.496 e. The second kappa shape index (κ2) is 10.4. The minimum atomic E-state index is -0.613. The number of carbonyl (C=O) groups is 2. The number of nitrogens with one attached hydrogen (secondary N) is 1. The highest BCUT2D eigenvalue weighted by Gasteiger charge is 2.28. The Balaban J connectivity index is 1.47. The smallest absolute Gasteiger partial charge is 0.263 e. The molecule has 1 heterocycles. The lowest BCUT2D eigenvalue weighted by Crippen LogP contribution is -2.39. The number of benzene rings is 3. The van der Waals surface area contributed by atoms with E-state index in [-0.39, 0.29) is 24.1 Å². The Bertz CT molecular complexity index is 1180. The van der Waals surface area contributed by atoms with Crippen molar-refractivity contribution in [1.82, 2.24) is 4.90 Å². The molecule has 1 atom stereocenters. The first-order valence-corrected chi connectivity index (χ1v) is 11.2. The Morgan fingerprint density at radius 1 is 1.15 bits per heavy atom. The van der Waals surface area contributed by atoms with E-state index in [0.717, 1.165) is 22.4 Å². The molecule has 6 nitrogen and oxygen atoms in total. The van der Waals surface area contributed by atoms with Gasteiger partial charge >= 0.3 is 0 Å². The van der Waals surface area contributed by atoms with Crippen LogP contribution in [0.15, 0.2) is 66.7 Å². The number of hydrogen-bond acceptors (Lipinski definition) is 4. The topological polar surface area (TPSA) is 67.9 Å². The summed E-state index contributed by atoms with van der Waals surface area (Å²) in [7, 11) is 1.63. The fourth-order valence-electron chi connectivity index (χ4n) is 4.02. The predicted molar refractivity (Wildman–Crippen MR) is 127 cm³/mol. The lowest BCUT2D eigenvalue weighted by Gasteiger charge is -2.22. The van der Waals surface area contributed by atoms with Gasteiger partial charge in [-0.05, 0) is 60.9 Å². The maximum atomic E-state index is 13.1. The number of ether oxygens (including phenoxy) is 2. The third-order valence-corrected chi connectivity index (χ3v) is 5.79. The quantitative estimate of drug-likeness (QED) is 0.566. The second-order valence-electron chi connectivity index (χ2n) is 8.26. The van der Waals surface area contributed by atoms with Crippen LogP contribution in [0.4, 0.5) is 10.1 Å². The Kier molecular flexibility index (Phi) is 7.11. The molecule has 1 aliphatic heterocycles. The molecule has 1 aliphatic rings. The summed E-state index contributed by atoms with van der Waals surface area (Å²) in [5, 5.41) is 2.88. The van der Waals surface area contributed by atoms with Crippen molar-refractivity contribution in [3.63, 3.8) is 0 Å². The van der Waals surface area contributed by atoms with E-state index in [1.165, 1.54) is 12.1 Å². The SMILES string of the molecule is COc1ccccc1CCN1Cc2cc(NC(=O)Cc3ccc(F)cc3)ccc2O[C@@H](C)C1=O. The number of halogens is 1. The van der Waals surface area contributed by atoms with Gasteiger partial charge in [0.05, 0.1) is 13.5 Å². The van der Waals surface area contributed by atoms with Gasteiger partial charge in [0.2, 0.25) is 5.91 Å². The average Bonchev–Trinajstić information content (AvgIpc) is 2.95. The van der Waals surface area contributed by atoms with Crippen molar-refractivity contribution in [1.29, 1.82) is 0 Å². The number of fused-ring (bicyclic) bond motifs is 1. The number of amides is 2. The van der Waals surface area contributed by atoms with Crippen LogP contribution in [0.2, 0.25) is 0 Å². The van der Waals surface area contributed by atoms with Crippen molar-refractivity contribution < 1.29 is 23.5 Å². The summed E-state index contributed by atoms with van der Waals surface area (Å²) in [4.78, 5) is 27.2. The van der Waals surface area contributed by atoms with Crippen LogP contribution in [0.25, 0.3) is 0 Å². The molecule has 0 spiro atoms. The number of para-hydroxylation sites is 1. The summed E-state index contributed by atoms with van der Waals surface area (Å²) >= 11 is 0. The van der Waals surface area contributed by atoms with Gasteiger partial charge in [0.15, 0.2) is 6.10 Å². The first-order valence-electron chi connectivity index (χ1n) is 11.2. The van der Waals surface area contributed by atoms with E-state index >= 15 is 0 Å². The van der Waals surface area contributed by atoms with Crippen LogP contribution in [0.3, 0.4) is 0 Å². The molecule has 0 aromatic heterocycles. The Hall–Kier alpha value is -3.87. The van der Waals surface area contributed by atoms with E-state index in [4.69, 9.17) is 9.47 Å². The van der Waals surface area contributed by atoms with Crippen LogP contribution >= 0.6 is 0 Å². The van der Waals surface area contributed by atoms with Gasteiger partial charge in [-0.2, -0.15) is 0 Å². The molecule has 3 aromatic carbocycles. The van der Waals surface area contributed by atoms with Crippen LogP contribution in [-0.2, 0) is 29.0 Å². The number of methoxy groups -OCH3 is 1. The summed E-state index contributed by atoms with van der Waals surface area (Å²) in [6, 6.07) is 19.0. The molecule has 0 fully saturated rings. The third kappa shape index (κ3) is 5.54. The van der Waals surface area contributed by atoms with Crippen LogP contribution < -0.4 is 14.8 Å². The van der Waals surface area contributed by atoms with E-state index in [1.807, 2.05) is 30.3 Å². The molecule has 0 bridgehead atoms. The van der Waals surface area contributed by atoms with Gasteiger partial charge < -0.3 is 19.7 Å². The number of carbonyl (C=O) groups excluding carboxylic acids is 2. The first-order chi connectivity index (χ1) is 16.4. The van der Waals surface area contributed by atoms with E-state index in [2.05, 4.69) is 5.32 Å². The molecule has 7 heteroatoms. The summed E-state index contributed by atoms with van der Waals surface area (Å²) < 4.78 is 24.4. The molecule has 3 aromatic rings. The van der Waals surface area contributed by atoms with E-state index < -0.39 is 6.10 Å². The highest BCUT2D eigenvalue weighted by atomic mass is 19.1. The van der Waals surface area contributed by atoms with Crippen molar-refractivity contribution in [3.05, 3.63) is 89.2 Å². The molecule has 0 unspecified atom stereocenters. The summed E-state index contributed by atoms with van der Waals surface area (Å²) in [5.41, 5.74) is 3.18. The van der Waals surface area contributed by atoms with Gasteiger partial charge in [-0.3, -0.25) is 9.59 Å². The molecule has 0 radical (unpaired) electrons. The number of hydrogen-bond donors (Lipinski definition) is 1. The number of anilines is 1. The van der Waals surface area contributed by atoms with Gasteiger partial charge in [-0.1, -0.05) is 30.3 Å². The largest absolute Gasteiger partial charge is 0.496 e. The maximum absolute atomic E-state index is 13.1. The lowest BCUT2D eigenvalue weighted by atomic mass is 10.1. The molecular formula is C27H27FN2O4. The molecule has 0 saturated heterocycles. The van der Waals surface area contributed by atoms with Gasteiger partial charge in [0.25, 0.3) is 5.91 Å². The van der Waals surface area contributed by atoms with E-state index in [0.29, 0.717) is 30.9 Å². The molecule has 2 amide bonds. The summed E-state index contributed by atoms with van der Waals surface area (Å²) in [6.45, 7) is 2.62. The standard InChI is InChI=1S/C27H27FN2O4/c1-18-27(32)30(14-13-20-5-3-4-6-24(20)33-2)17-21-16-23(11-12-25(21)34-18)29-26(31)15-19-7-9-22(28)10-8-19/h3-12,16,18H,13-15,17H2,1-2H3,(H,29,31)/t18-/m0/s1. The maximum Gasteiger partial charge on any atom is 0.263 e. The summed E-state index contributed by atoms with van der Waals surface area (Å²) in [6.07, 6.45) is 0.165. The number of nitrogens with zero attached hydrogens (tertiary/aromatic N) is 1. The van der Waals surface area contributed by atoms with Gasteiger partial charge in [0.1, 0.15) is 17.3 Å². The van der Waals surface area contributed by atoms with Crippen molar-refractivity contribution >= 4 is 17.5 Å². The van der Waals surface area contributed by atoms with Crippen LogP contribution in [0.1, 0.15) is 23.6 Å². The summed E-state index contributed by atoms with van der Waals surface area (Å²) in [5.74, 6) is 0.776. The van der Waals surface area contributed by atoms with Crippen LogP contribution in [-0.4, -0.2) is 36.5 Å². The molecular weight excluding hydrogens is 435 g/mol. The lowest BCUT2D eigenvalue weighted by molar-refractivity contribution is -0.137. The molecule has 34 heavy (non-hydrogen) atoms. The molecule has 0 aliphatic carbocycles.